The fourth-order valence-corrected chi connectivity index (χ4v) is 3.76. The van der Waals surface area contributed by atoms with E-state index in [9.17, 15) is 9.59 Å². The summed E-state index contributed by atoms with van der Waals surface area (Å²) in [6, 6.07) is 9.29. The highest BCUT2D eigenvalue weighted by Gasteiger charge is 2.17. The van der Waals surface area contributed by atoms with Gasteiger partial charge in [-0.15, -0.1) is 11.3 Å². The zero-order valence-corrected chi connectivity index (χ0v) is 15.4. The molecule has 3 rings (SSSR count). The normalized spacial score (nSPS) is 10.8. The van der Waals surface area contributed by atoms with Crippen LogP contribution in [0, 0.1) is 6.92 Å². The van der Waals surface area contributed by atoms with Crippen LogP contribution < -0.4 is 10.6 Å². The van der Waals surface area contributed by atoms with Gasteiger partial charge in [0.2, 0.25) is 5.91 Å². The molecule has 25 heavy (non-hydrogen) atoms. The average Bonchev–Trinajstić information content (AvgIpc) is 3.13. The predicted octanol–water partition coefficient (Wildman–Crippen LogP) is 2.91. The summed E-state index contributed by atoms with van der Waals surface area (Å²) in [5.74, 6) is -0.289. The molecule has 0 bridgehead atoms. The van der Waals surface area contributed by atoms with E-state index >= 15 is 0 Å². The summed E-state index contributed by atoms with van der Waals surface area (Å²) in [5.41, 5.74) is 1.62. The molecule has 6 nitrogen and oxygen atoms in total. The average molecular weight is 377 g/mol. The third-order valence-corrected chi connectivity index (χ3v) is 5.06. The molecule has 0 saturated heterocycles. The van der Waals surface area contributed by atoms with Crippen molar-refractivity contribution in [1.82, 2.24) is 20.4 Å². The van der Waals surface area contributed by atoms with E-state index in [0.29, 0.717) is 23.0 Å². The van der Waals surface area contributed by atoms with Crippen LogP contribution in [-0.2, 0) is 4.79 Å². The molecule has 3 aromatic rings. The molecule has 2 aromatic heterocycles. The number of aromatic nitrogens is 2. The summed E-state index contributed by atoms with van der Waals surface area (Å²) >= 11 is 7.64. The predicted molar refractivity (Wildman–Crippen MR) is 99.7 cm³/mol. The van der Waals surface area contributed by atoms with Crippen LogP contribution in [0.1, 0.15) is 22.3 Å². The smallest absolute Gasteiger partial charge is 0.261 e. The van der Waals surface area contributed by atoms with Crippen molar-refractivity contribution < 1.29 is 9.59 Å². The Hall–Kier alpha value is -2.38. The Bertz CT molecular complexity index is 947. The number of aryl methyl sites for hydroxylation is 1. The summed E-state index contributed by atoms with van der Waals surface area (Å²) < 4.78 is 1.77. The van der Waals surface area contributed by atoms with Gasteiger partial charge in [-0.05, 0) is 25.1 Å². The Labute approximate surface area is 153 Å². The van der Waals surface area contributed by atoms with E-state index in [4.69, 9.17) is 11.6 Å². The minimum absolute atomic E-state index is 0.119. The molecular formula is C17H17ClN4O2S. The molecule has 0 saturated carbocycles. The van der Waals surface area contributed by atoms with Gasteiger partial charge in [-0.25, -0.2) is 4.68 Å². The van der Waals surface area contributed by atoms with Gasteiger partial charge >= 0.3 is 0 Å². The van der Waals surface area contributed by atoms with Gasteiger partial charge in [-0.2, -0.15) is 5.10 Å². The number of carbonyl (C=O) groups is 2. The van der Waals surface area contributed by atoms with E-state index in [2.05, 4.69) is 15.7 Å². The molecule has 0 atom stereocenters. The van der Waals surface area contributed by atoms with Crippen molar-refractivity contribution in [2.45, 2.75) is 13.8 Å². The first kappa shape index (κ1) is 17.4. The van der Waals surface area contributed by atoms with E-state index in [1.165, 1.54) is 18.3 Å². The molecule has 0 aliphatic carbocycles. The number of hydrogen-bond donors (Lipinski definition) is 2. The van der Waals surface area contributed by atoms with Crippen LogP contribution in [0.4, 0.5) is 0 Å². The van der Waals surface area contributed by atoms with Gasteiger partial charge in [-0.3, -0.25) is 9.59 Å². The number of thiophene rings is 1. The first-order valence-electron chi connectivity index (χ1n) is 7.74. The van der Waals surface area contributed by atoms with Crippen LogP contribution >= 0.6 is 22.9 Å². The molecule has 0 spiro atoms. The van der Waals surface area contributed by atoms with Crippen molar-refractivity contribution in [2.75, 3.05) is 13.1 Å². The van der Waals surface area contributed by atoms with E-state index in [1.54, 1.807) is 4.68 Å². The molecular weight excluding hydrogens is 360 g/mol. The highest BCUT2D eigenvalue weighted by Crippen LogP contribution is 2.32. The van der Waals surface area contributed by atoms with Crippen LogP contribution in [-0.4, -0.2) is 34.7 Å². The molecule has 0 aliphatic rings. The lowest BCUT2D eigenvalue weighted by Gasteiger charge is -2.05. The van der Waals surface area contributed by atoms with Gasteiger partial charge < -0.3 is 10.6 Å². The van der Waals surface area contributed by atoms with Crippen LogP contribution in [0.25, 0.3) is 15.9 Å². The summed E-state index contributed by atoms with van der Waals surface area (Å²) in [5, 5.41) is 11.5. The van der Waals surface area contributed by atoms with Crippen LogP contribution in [0.5, 0.6) is 0 Å². The maximum Gasteiger partial charge on any atom is 0.261 e. The van der Waals surface area contributed by atoms with Crippen LogP contribution in [0.3, 0.4) is 0 Å². The fraction of sp³-hybridized carbons (Fsp3) is 0.235. The lowest BCUT2D eigenvalue weighted by Crippen LogP contribution is -2.33. The Balaban J connectivity index is 1.85. The molecule has 130 valence electrons. The summed E-state index contributed by atoms with van der Waals surface area (Å²) in [7, 11) is 0. The molecule has 8 heteroatoms. The Kier molecular flexibility index (Phi) is 5.06. The van der Waals surface area contributed by atoms with E-state index in [1.807, 2.05) is 37.3 Å². The number of para-hydroxylation sites is 1. The second kappa shape index (κ2) is 7.25. The third-order valence-electron chi connectivity index (χ3n) is 3.63. The van der Waals surface area contributed by atoms with Crippen molar-refractivity contribution >= 4 is 45.0 Å². The third kappa shape index (κ3) is 3.67. The second-order valence-electron chi connectivity index (χ2n) is 5.52. The second-order valence-corrected chi connectivity index (χ2v) is 6.95. The molecule has 0 fully saturated rings. The molecule has 0 radical (unpaired) electrons. The lowest BCUT2D eigenvalue weighted by atomic mass is 10.3. The maximum atomic E-state index is 12.3. The Morgan fingerprint density at radius 3 is 2.68 bits per heavy atom. The van der Waals surface area contributed by atoms with E-state index in [-0.39, 0.29) is 11.8 Å². The van der Waals surface area contributed by atoms with Crippen LogP contribution in [0.15, 0.2) is 30.3 Å². The summed E-state index contributed by atoms with van der Waals surface area (Å²) in [6.45, 7) is 4.12. The largest absolute Gasteiger partial charge is 0.355 e. The number of nitrogens with zero attached hydrogens (tertiary/aromatic N) is 2. The number of rotatable bonds is 5. The highest BCUT2D eigenvalue weighted by atomic mass is 35.5. The van der Waals surface area contributed by atoms with Crippen molar-refractivity contribution in [2.24, 2.45) is 0 Å². The zero-order valence-electron chi connectivity index (χ0n) is 13.8. The van der Waals surface area contributed by atoms with Crippen molar-refractivity contribution in [3.63, 3.8) is 0 Å². The van der Waals surface area contributed by atoms with Gasteiger partial charge in [0.15, 0.2) is 0 Å². The number of nitrogens with one attached hydrogen (secondary N) is 2. The number of amides is 2. The van der Waals surface area contributed by atoms with E-state index in [0.717, 1.165) is 21.6 Å². The minimum Gasteiger partial charge on any atom is -0.355 e. The first-order chi connectivity index (χ1) is 12.0. The van der Waals surface area contributed by atoms with Crippen LogP contribution in [0.2, 0.25) is 5.02 Å². The van der Waals surface area contributed by atoms with Crippen molar-refractivity contribution in [3.05, 3.63) is 45.9 Å². The maximum absolute atomic E-state index is 12.3. The number of carbonyl (C=O) groups excluding carboxylic acids is 2. The number of benzene rings is 1. The molecule has 2 amide bonds. The molecule has 0 aliphatic heterocycles. The molecule has 0 unspecified atom stereocenters. The number of halogens is 1. The Morgan fingerprint density at radius 1 is 1.24 bits per heavy atom. The topological polar surface area (TPSA) is 76.0 Å². The SMILES string of the molecule is CC(=O)NCCNC(=O)c1cc2c(C)nn(-c3ccccc3Cl)c2s1. The van der Waals surface area contributed by atoms with Gasteiger partial charge in [0.1, 0.15) is 4.83 Å². The zero-order chi connectivity index (χ0) is 18.0. The quantitative estimate of drug-likeness (QED) is 0.672. The van der Waals surface area contributed by atoms with Gasteiger partial charge in [0, 0.05) is 25.4 Å². The number of fused-ring (bicyclic) bond motifs is 1. The van der Waals surface area contributed by atoms with Crippen molar-refractivity contribution in [3.8, 4) is 5.69 Å². The standard InChI is InChI=1S/C17H17ClN4O2S/c1-10-12-9-15(16(24)20-8-7-19-11(2)23)25-17(12)22(21-10)14-6-4-3-5-13(14)18/h3-6,9H,7-8H2,1-2H3,(H,19,23)(H,20,24). The molecule has 1 aromatic carbocycles. The molecule has 2 heterocycles. The van der Waals surface area contributed by atoms with E-state index < -0.39 is 0 Å². The van der Waals surface area contributed by atoms with Gasteiger partial charge in [0.05, 0.1) is 21.3 Å². The first-order valence-corrected chi connectivity index (χ1v) is 8.93. The lowest BCUT2D eigenvalue weighted by molar-refractivity contribution is -0.118. The summed E-state index contributed by atoms with van der Waals surface area (Å²) in [6.07, 6.45) is 0. The van der Waals surface area contributed by atoms with Crippen molar-refractivity contribution in [1.29, 1.82) is 0 Å². The number of hydrogen-bond acceptors (Lipinski definition) is 4. The van der Waals surface area contributed by atoms with Gasteiger partial charge in [0.25, 0.3) is 5.91 Å². The van der Waals surface area contributed by atoms with Gasteiger partial charge in [-0.1, -0.05) is 23.7 Å². The summed E-state index contributed by atoms with van der Waals surface area (Å²) in [4.78, 5) is 24.6. The highest BCUT2D eigenvalue weighted by molar-refractivity contribution is 7.20. The molecule has 2 N–H and O–H groups in total. The minimum atomic E-state index is -0.170. The Morgan fingerprint density at radius 2 is 1.96 bits per heavy atom. The fourth-order valence-electron chi connectivity index (χ4n) is 2.45. The monoisotopic (exact) mass is 376 g/mol.